The number of carbonyl (C=O) groups is 2. The van der Waals surface area contributed by atoms with E-state index >= 15 is 0 Å². The zero-order chi connectivity index (χ0) is 17.6. The van der Waals surface area contributed by atoms with Crippen LogP contribution in [0.1, 0.15) is 39.2 Å². The first kappa shape index (κ1) is 18.0. The van der Waals surface area contributed by atoms with E-state index in [1.165, 1.54) is 0 Å². The van der Waals surface area contributed by atoms with Gasteiger partial charge in [0, 0.05) is 19.2 Å². The van der Waals surface area contributed by atoms with Crippen LogP contribution >= 0.6 is 0 Å². The third-order valence-electron chi connectivity index (χ3n) is 3.60. The van der Waals surface area contributed by atoms with E-state index in [0.717, 1.165) is 11.1 Å². The Hall–Kier alpha value is -2.30. The minimum atomic E-state index is -0.490. The van der Waals surface area contributed by atoms with Gasteiger partial charge in [-0.3, -0.25) is 0 Å². The highest BCUT2D eigenvalue weighted by molar-refractivity contribution is 5.83. The van der Waals surface area contributed by atoms with Crippen molar-refractivity contribution in [1.82, 2.24) is 4.90 Å². The summed E-state index contributed by atoms with van der Waals surface area (Å²) >= 11 is 0. The minimum absolute atomic E-state index is 0.275. The van der Waals surface area contributed by atoms with Crippen molar-refractivity contribution in [1.29, 1.82) is 0 Å². The van der Waals surface area contributed by atoms with Gasteiger partial charge in [-0.2, -0.15) is 0 Å². The maximum Gasteiger partial charge on any atom is 0.410 e. The monoisotopic (exact) mass is 331 g/mol. The number of hydrogen-bond acceptors (Lipinski definition) is 4. The van der Waals surface area contributed by atoms with Crippen molar-refractivity contribution in [2.45, 2.75) is 45.8 Å². The fraction of sp³-hybridized carbons (Fsp3) is 0.474. The fourth-order valence-corrected chi connectivity index (χ4v) is 2.43. The van der Waals surface area contributed by atoms with Crippen LogP contribution in [-0.2, 0) is 20.9 Å². The average Bonchev–Trinajstić information content (AvgIpc) is 2.52. The number of ether oxygens (including phenoxy) is 2. The molecule has 1 aromatic carbocycles. The van der Waals surface area contributed by atoms with Crippen molar-refractivity contribution in [3.8, 4) is 0 Å². The van der Waals surface area contributed by atoms with E-state index in [1.807, 2.05) is 51.1 Å². The highest BCUT2D eigenvalue weighted by atomic mass is 16.6. The summed E-state index contributed by atoms with van der Waals surface area (Å²) in [6.07, 6.45) is 2.58. The van der Waals surface area contributed by atoms with Gasteiger partial charge in [-0.1, -0.05) is 35.9 Å². The lowest BCUT2D eigenvalue weighted by molar-refractivity contribution is -0.148. The van der Waals surface area contributed by atoms with E-state index in [4.69, 9.17) is 9.47 Å². The summed E-state index contributed by atoms with van der Waals surface area (Å²) in [5.41, 5.74) is 1.49. The first-order chi connectivity index (χ1) is 11.3. The van der Waals surface area contributed by atoms with Crippen LogP contribution in [-0.4, -0.2) is 35.7 Å². The molecule has 1 heterocycles. The van der Waals surface area contributed by atoms with Gasteiger partial charge in [-0.25, -0.2) is 9.59 Å². The number of rotatable bonds is 3. The molecule has 1 aliphatic heterocycles. The number of hydrogen-bond donors (Lipinski definition) is 0. The molecule has 0 saturated carbocycles. The van der Waals surface area contributed by atoms with Gasteiger partial charge in [-0.15, -0.1) is 0 Å². The summed E-state index contributed by atoms with van der Waals surface area (Å²) in [6.45, 7) is 6.92. The topological polar surface area (TPSA) is 55.8 Å². The Balaban J connectivity index is 1.77. The third kappa shape index (κ3) is 6.07. The summed E-state index contributed by atoms with van der Waals surface area (Å²) in [4.78, 5) is 25.6. The molecule has 1 aliphatic rings. The number of likely N-dealkylation sites (tertiary alicyclic amines) is 1. The molecule has 0 N–H and O–H groups in total. The Morgan fingerprint density at radius 2 is 1.75 bits per heavy atom. The predicted octanol–water partition coefficient (Wildman–Crippen LogP) is 3.69. The van der Waals surface area contributed by atoms with Crippen LogP contribution < -0.4 is 0 Å². The van der Waals surface area contributed by atoms with Crippen molar-refractivity contribution in [3.63, 3.8) is 0 Å². The van der Waals surface area contributed by atoms with Gasteiger partial charge in [0.05, 0.1) is 0 Å². The number of piperidine rings is 1. The van der Waals surface area contributed by atoms with Crippen LogP contribution in [0.2, 0.25) is 0 Å². The third-order valence-corrected chi connectivity index (χ3v) is 3.60. The van der Waals surface area contributed by atoms with E-state index in [0.29, 0.717) is 25.9 Å². The largest absolute Gasteiger partial charge is 0.457 e. The Labute approximate surface area is 143 Å². The second-order valence-electron chi connectivity index (χ2n) is 6.86. The fourth-order valence-electron chi connectivity index (χ4n) is 2.43. The quantitative estimate of drug-likeness (QED) is 0.626. The van der Waals surface area contributed by atoms with Crippen LogP contribution in [0.3, 0.4) is 0 Å². The van der Waals surface area contributed by atoms with E-state index in [9.17, 15) is 9.59 Å². The van der Waals surface area contributed by atoms with Gasteiger partial charge in [0.15, 0.2) is 0 Å². The molecule has 0 atom stereocenters. The first-order valence-corrected chi connectivity index (χ1v) is 8.21. The molecule has 5 heteroatoms. The number of amides is 1. The van der Waals surface area contributed by atoms with Gasteiger partial charge in [0.1, 0.15) is 12.2 Å². The molecular weight excluding hydrogens is 306 g/mol. The highest BCUT2D eigenvalue weighted by Crippen LogP contribution is 2.18. The molecule has 0 radical (unpaired) electrons. The zero-order valence-electron chi connectivity index (χ0n) is 14.6. The molecule has 24 heavy (non-hydrogen) atoms. The molecule has 1 aromatic rings. The van der Waals surface area contributed by atoms with E-state index < -0.39 is 5.60 Å². The zero-order valence-corrected chi connectivity index (χ0v) is 14.6. The minimum Gasteiger partial charge on any atom is -0.457 e. The van der Waals surface area contributed by atoms with Crippen molar-refractivity contribution < 1.29 is 19.1 Å². The normalized spacial score (nSPS) is 15.0. The maximum absolute atomic E-state index is 12.1. The standard InChI is InChI=1S/C19H25NO4/c1-19(2,3)24-17(21)13-15-9-11-20(12-10-15)18(22)23-14-16-7-5-4-6-8-16/h4-8,13H,9-12,14H2,1-3H3. The lowest BCUT2D eigenvalue weighted by Gasteiger charge is -2.28. The smallest absolute Gasteiger partial charge is 0.410 e. The molecule has 130 valence electrons. The van der Waals surface area contributed by atoms with Crippen LogP contribution in [0.25, 0.3) is 0 Å². The van der Waals surface area contributed by atoms with Crippen molar-refractivity contribution in [2.75, 3.05) is 13.1 Å². The predicted molar refractivity (Wildman–Crippen MR) is 91.4 cm³/mol. The molecule has 0 spiro atoms. The molecular formula is C19H25NO4. The number of benzene rings is 1. The summed E-state index contributed by atoms with van der Waals surface area (Å²) in [7, 11) is 0. The van der Waals surface area contributed by atoms with Crippen LogP contribution in [0.4, 0.5) is 4.79 Å². The summed E-state index contributed by atoms with van der Waals surface area (Å²) in [5.74, 6) is -0.322. The SMILES string of the molecule is CC(C)(C)OC(=O)C=C1CCN(C(=O)OCc2ccccc2)CC1. The average molecular weight is 331 g/mol. The highest BCUT2D eigenvalue weighted by Gasteiger charge is 2.22. The lowest BCUT2D eigenvalue weighted by Crippen LogP contribution is -2.36. The van der Waals surface area contributed by atoms with Crippen molar-refractivity contribution >= 4 is 12.1 Å². The second kappa shape index (κ2) is 7.99. The van der Waals surface area contributed by atoms with Gasteiger partial charge in [0.2, 0.25) is 0 Å². The molecule has 0 unspecified atom stereocenters. The van der Waals surface area contributed by atoms with E-state index in [1.54, 1.807) is 11.0 Å². The Morgan fingerprint density at radius 1 is 1.12 bits per heavy atom. The van der Waals surface area contributed by atoms with E-state index in [-0.39, 0.29) is 18.7 Å². The number of carbonyl (C=O) groups excluding carboxylic acids is 2. The summed E-state index contributed by atoms with van der Waals surface area (Å²) in [6, 6.07) is 9.60. The van der Waals surface area contributed by atoms with Gasteiger partial charge in [0.25, 0.3) is 0 Å². The molecule has 0 aromatic heterocycles. The number of nitrogens with zero attached hydrogens (tertiary/aromatic N) is 1. The molecule has 5 nitrogen and oxygen atoms in total. The van der Waals surface area contributed by atoms with Crippen molar-refractivity contribution in [3.05, 3.63) is 47.5 Å². The lowest BCUT2D eigenvalue weighted by atomic mass is 10.0. The van der Waals surface area contributed by atoms with Crippen molar-refractivity contribution in [2.24, 2.45) is 0 Å². The Bertz CT molecular complexity index is 592. The van der Waals surface area contributed by atoms with Gasteiger partial charge >= 0.3 is 12.1 Å². The molecule has 0 aliphatic carbocycles. The van der Waals surface area contributed by atoms with E-state index in [2.05, 4.69) is 0 Å². The Morgan fingerprint density at radius 3 is 2.33 bits per heavy atom. The first-order valence-electron chi connectivity index (χ1n) is 8.21. The summed E-state index contributed by atoms with van der Waals surface area (Å²) in [5, 5.41) is 0. The van der Waals surface area contributed by atoms with Crippen LogP contribution in [0, 0.1) is 0 Å². The van der Waals surface area contributed by atoms with Crippen LogP contribution in [0.15, 0.2) is 42.0 Å². The van der Waals surface area contributed by atoms with Crippen LogP contribution in [0.5, 0.6) is 0 Å². The summed E-state index contributed by atoms with van der Waals surface area (Å²) < 4.78 is 10.6. The number of esters is 1. The van der Waals surface area contributed by atoms with Gasteiger partial charge in [-0.05, 0) is 39.2 Å². The molecule has 1 fully saturated rings. The molecule has 0 bridgehead atoms. The maximum atomic E-state index is 12.1. The Kier molecular flexibility index (Phi) is 6.01. The molecule has 1 saturated heterocycles. The van der Waals surface area contributed by atoms with Gasteiger partial charge < -0.3 is 14.4 Å². The molecule has 1 amide bonds. The molecule has 2 rings (SSSR count). The second-order valence-corrected chi connectivity index (χ2v) is 6.86.